The maximum absolute atomic E-state index is 14.7. The van der Waals surface area contributed by atoms with Gasteiger partial charge in [-0.25, -0.2) is 8.42 Å². The summed E-state index contributed by atoms with van der Waals surface area (Å²) < 4.78 is 35.3. The van der Waals surface area contributed by atoms with Gasteiger partial charge in [0.15, 0.2) is 0 Å². The summed E-state index contributed by atoms with van der Waals surface area (Å²) in [4.78, 5) is 30.4. The van der Waals surface area contributed by atoms with Gasteiger partial charge < -0.3 is 15.0 Å². The number of anilines is 1. The van der Waals surface area contributed by atoms with E-state index in [2.05, 4.69) is 5.32 Å². The van der Waals surface area contributed by atoms with E-state index in [1.807, 2.05) is 86.6 Å². The predicted octanol–water partition coefficient (Wildman–Crippen LogP) is 6.68. The first-order valence-corrected chi connectivity index (χ1v) is 18.2. The third kappa shape index (κ3) is 9.04. The average Bonchev–Trinajstić information content (AvgIpc) is 3.11. The van der Waals surface area contributed by atoms with Crippen LogP contribution in [0.5, 0.6) is 5.75 Å². The van der Waals surface area contributed by atoms with Crippen LogP contribution in [0, 0.1) is 6.92 Å². The minimum Gasteiger partial charge on any atom is -0.494 e. The van der Waals surface area contributed by atoms with Crippen LogP contribution in [0.25, 0.3) is 0 Å². The molecule has 1 N–H and O–H groups in total. The fourth-order valence-corrected chi connectivity index (χ4v) is 7.53. The first-order valence-electron chi connectivity index (χ1n) is 16.7. The molecule has 0 heterocycles. The number of aryl methyl sites for hydroxylation is 1. The maximum Gasteiger partial charge on any atom is 0.264 e. The Balaban J connectivity index is 1.54. The lowest BCUT2D eigenvalue weighted by Gasteiger charge is -2.35. The van der Waals surface area contributed by atoms with Crippen molar-refractivity contribution < 1.29 is 22.7 Å². The summed E-state index contributed by atoms with van der Waals surface area (Å²) in [6.45, 7) is 3.87. The Hall–Kier alpha value is -4.63. The second-order valence-electron chi connectivity index (χ2n) is 12.3. The summed E-state index contributed by atoms with van der Waals surface area (Å²) in [5.74, 6) is -0.156. The number of rotatable bonds is 14. The SMILES string of the molecule is CCOc1ccc(S(=O)(=O)N(CC(=O)N(Cc2ccccc2)[C@@H](Cc2ccccc2)C(=O)NC2CCCCC2)c2ccc(C)cc2)cc1. The molecule has 252 valence electrons. The van der Waals surface area contributed by atoms with Crippen molar-refractivity contribution in [2.75, 3.05) is 17.5 Å². The molecule has 1 atom stereocenters. The van der Waals surface area contributed by atoms with Crippen LogP contribution in [-0.4, -0.2) is 50.4 Å². The Labute approximate surface area is 284 Å². The third-order valence-electron chi connectivity index (χ3n) is 8.74. The average molecular weight is 668 g/mol. The van der Waals surface area contributed by atoms with Gasteiger partial charge in [0.25, 0.3) is 10.0 Å². The van der Waals surface area contributed by atoms with E-state index in [-0.39, 0.29) is 29.8 Å². The number of carbonyl (C=O) groups is 2. The Morgan fingerprint density at radius 2 is 1.42 bits per heavy atom. The molecule has 8 nitrogen and oxygen atoms in total. The second kappa shape index (κ2) is 16.5. The Bertz CT molecular complexity index is 1720. The number of benzene rings is 4. The lowest BCUT2D eigenvalue weighted by molar-refractivity contribution is -0.140. The summed E-state index contributed by atoms with van der Waals surface area (Å²) >= 11 is 0. The van der Waals surface area contributed by atoms with E-state index in [1.165, 1.54) is 12.1 Å². The molecule has 0 saturated heterocycles. The van der Waals surface area contributed by atoms with Gasteiger partial charge in [0, 0.05) is 19.0 Å². The van der Waals surface area contributed by atoms with E-state index < -0.39 is 28.5 Å². The molecular weight excluding hydrogens is 623 g/mol. The van der Waals surface area contributed by atoms with Crippen molar-refractivity contribution in [3.63, 3.8) is 0 Å². The van der Waals surface area contributed by atoms with Gasteiger partial charge in [-0.15, -0.1) is 0 Å². The van der Waals surface area contributed by atoms with E-state index in [0.29, 0.717) is 18.0 Å². The molecule has 9 heteroatoms. The van der Waals surface area contributed by atoms with Crippen LogP contribution < -0.4 is 14.4 Å². The Morgan fingerprint density at radius 3 is 2.02 bits per heavy atom. The Kier molecular flexibility index (Phi) is 11.9. The smallest absolute Gasteiger partial charge is 0.264 e. The van der Waals surface area contributed by atoms with Gasteiger partial charge >= 0.3 is 0 Å². The summed E-state index contributed by atoms with van der Waals surface area (Å²) in [6, 6.07) is 31.5. The minimum atomic E-state index is -4.20. The van der Waals surface area contributed by atoms with Crippen LogP contribution in [0.4, 0.5) is 5.69 Å². The van der Waals surface area contributed by atoms with Gasteiger partial charge in [0.05, 0.1) is 17.2 Å². The zero-order chi connectivity index (χ0) is 33.9. The number of hydrogen-bond donors (Lipinski definition) is 1. The lowest BCUT2D eigenvalue weighted by Crippen LogP contribution is -2.55. The molecule has 2 amide bonds. The molecule has 4 aromatic carbocycles. The van der Waals surface area contributed by atoms with Crippen LogP contribution in [0.1, 0.15) is 55.7 Å². The van der Waals surface area contributed by atoms with E-state index in [4.69, 9.17) is 4.74 Å². The zero-order valence-corrected chi connectivity index (χ0v) is 28.6. The standard InChI is InChI=1S/C39H45N3O5S/c1-3-47-35-23-25-36(26-24-35)48(45,46)42(34-21-19-30(2)20-22-34)29-38(43)41(28-32-15-9-5-10-16-32)37(27-31-13-7-4-8-14-31)39(44)40-33-17-11-6-12-18-33/h4-5,7-10,13-16,19-26,33,37H,3,6,11-12,17-18,27-29H2,1-2H3,(H,40,44)/t37-/m0/s1. The second-order valence-corrected chi connectivity index (χ2v) is 14.2. The van der Waals surface area contributed by atoms with Gasteiger partial charge in [0.1, 0.15) is 18.3 Å². The van der Waals surface area contributed by atoms with Crippen molar-refractivity contribution in [3.05, 3.63) is 126 Å². The van der Waals surface area contributed by atoms with Gasteiger partial charge in [-0.3, -0.25) is 13.9 Å². The van der Waals surface area contributed by atoms with Crippen LogP contribution in [0.3, 0.4) is 0 Å². The highest BCUT2D eigenvalue weighted by Gasteiger charge is 2.35. The fraction of sp³-hybridized carbons (Fsp3) is 0.333. The third-order valence-corrected chi connectivity index (χ3v) is 10.5. The lowest BCUT2D eigenvalue weighted by atomic mass is 9.94. The minimum absolute atomic E-state index is 0.0322. The topological polar surface area (TPSA) is 96.0 Å². The highest BCUT2D eigenvalue weighted by molar-refractivity contribution is 7.92. The summed E-state index contributed by atoms with van der Waals surface area (Å²) in [6.07, 6.45) is 5.34. The van der Waals surface area contributed by atoms with Crippen molar-refractivity contribution in [2.45, 2.75) is 75.9 Å². The normalized spacial score (nSPS) is 14.1. The van der Waals surface area contributed by atoms with Crippen molar-refractivity contribution >= 4 is 27.5 Å². The molecule has 0 radical (unpaired) electrons. The van der Waals surface area contributed by atoms with Crippen LogP contribution in [-0.2, 0) is 32.6 Å². The zero-order valence-electron chi connectivity index (χ0n) is 27.8. The van der Waals surface area contributed by atoms with Gasteiger partial charge in [-0.05, 0) is 74.2 Å². The largest absolute Gasteiger partial charge is 0.494 e. The number of carbonyl (C=O) groups excluding carboxylic acids is 2. The predicted molar refractivity (Wildman–Crippen MR) is 189 cm³/mol. The van der Waals surface area contributed by atoms with Crippen LogP contribution in [0.15, 0.2) is 114 Å². The van der Waals surface area contributed by atoms with Crippen molar-refractivity contribution in [1.29, 1.82) is 0 Å². The number of amides is 2. The summed E-state index contributed by atoms with van der Waals surface area (Å²) in [7, 11) is -4.20. The van der Waals surface area contributed by atoms with Crippen LogP contribution in [0.2, 0.25) is 0 Å². The molecule has 1 aliphatic carbocycles. The molecule has 0 spiro atoms. The number of sulfonamides is 1. The van der Waals surface area contributed by atoms with Gasteiger partial charge in [-0.2, -0.15) is 0 Å². The van der Waals surface area contributed by atoms with Crippen molar-refractivity contribution in [1.82, 2.24) is 10.2 Å². The Morgan fingerprint density at radius 1 is 0.812 bits per heavy atom. The highest BCUT2D eigenvalue weighted by atomic mass is 32.2. The number of nitrogens with one attached hydrogen (secondary N) is 1. The maximum atomic E-state index is 14.7. The van der Waals surface area contributed by atoms with Crippen LogP contribution >= 0.6 is 0 Å². The number of ether oxygens (including phenoxy) is 1. The van der Waals surface area contributed by atoms with E-state index in [9.17, 15) is 18.0 Å². The molecule has 0 unspecified atom stereocenters. The first kappa shape index (κ1) is 34.7. The molecule has 4 aromatic rings. The molecule has 1 fully saturated rings. The van der Waals surface area contributed by atoms with Crippen molar-refractivity contribution in [3.8, 4) is 5.75 Å². The quantitative estimate of drug-likeness (QED) is 0.162. The van der Waals surface area contributed by atoms with Crippen molar-refractivity contribution in [2.24, 2.45) is 0 Å². The molecule has 1 saturated carbocycles. The number of nitrogens with zero attached hydrogens (tertiary/aromatic N) is 2. The monoisotopic (exact) mass is 667 g/mol. The van der Waals surface area contributed by atoms with Gasteiger partial charge in [0.2, 0.25) is 11.8 Å². The molecule has 1 aliphatic rings. The van der Waals surface area contributed by atoms with Gasteiger partial charge in [-0.1, -0.05) is 97.6 Å². The number of hydrogen-bond acceptors (Lipinski definition) is 5. The van der Waals surface area contributed by atoms with E-state index in [0.717, 1.165) is 53.1 Å². The molecule has 48 heavy (non-hydrogen) atoms. The van der Waals surface area contributed by atoms with E-state index in [1.54, 1.807) is 29.2 Å². The molecule has 0 aromatic heterocycles. The van der Waals surface area contributed by atoms with E-state index >= 15 is 0 Å². The summed E-state index contributed by atoms with van der Waals surface area (Å²) in [5, 5.41) is 3.25. The molecule has 0 bridgehead atoms. The fourth-order valence-electron chi connectivity index (χ4n) is 6.12. The molecule has 5 rings (SSSR count). The summed E-state index contributed by atoms with van der Waals surface area (Å²) in [5.41, 5.74) is 3.06. The first-order chi connectivity index (χ1) is 23.2. The highest BCUT2D eigenvalue weighted by Crippen LogP contribution is 2.27. The molecule has 0 aliphatic heterocycles. The molecular formula is C39H45N3O5S.